The van der Waals surface area contributed by atoms with E-state index in [-0.39, 0.29) is 11.8 Å². The van der Waals surface area contributed by atoms with Crippen molar-refractivity contribution >= 4 is 5.91 Å². The number of carbonyl (C=O) groups excluding carboxylic acids is 1. The number of rotatable bonds is 7. The summed E-state index contributed by atoms with van der Waals surface area (Å²) in [4.78, 5) is 15.0. The number of hydrogen-bond donors (Lipinski definition) is 1. The van der Waals surface area contributed by atoms with Gasteiger partial charge in [0.25, 0.3) is 0 Å². The van der Waals surface area contributed by atoms with Gasteiger partial charge in [0.05, 0.1) is 19.8 Å². The fourth-order valence-electron chi connectivity index (χ4n) is 4.59. The molecule has 0 aromatic carbocycles. The summed E-state index contributed by atoms with van der Waals surface area (Å²) in [7, 11) is 0. The molecule has 1 N–H and O–H groups in total. The summed E-state index contributed by atoms with van der Waals surface area (Å²) in [5, 5.41) is 3.25. The van der Waals surface area contributed by atoms with Gasteiger partial charge in [-0.05, 0) is 18.8 Å². The zero-order valence-electron chi connectivity index (χ0n) is 15.2. The smallest absolute Gasteiger partial charge is 0.222 e. The van der Waals surface area contributed by atoms with Crippen LogP contribution in [0.1, 0.15) is 45.4 Å². The average Bonchev–Trinajstić information content (AvgIpc) is 3.30. The van der Waals surface area contributed by atoms with E-state index in [2.05, 4.69) is 17.1 Å². The normalized spacial score (nSPS) is 28.8. The van der Waals surface area contributed by atoms with Gasteiger partial charge in [0.1, 0.15) is 0 Å². The van der Waals surface area contributed by atoms with Gasteiger partial charge in [-0.15, -0.1) is 0 Å². The van der Waals surface area contributed by atoms with Crippen LogP contribution in [0.25, 0.3) is 0 Å². The summed E-state index contributed by atoms with van der Waals surface area (Å²) < 4.78 is 11.1. The largest absolute Gasteiger partial charge is 0.381 e. The summed E-state index contributed by atoms with van der Waals surface area (Å²) in [6, 6.07) is 0.388. The Morgan fingerprint density at radius 2 is 1.88 bits per heavy atom. The van der Waals surface area contributed by atoms with Crippen molar-refractivity contribution in [1.29, 1.82) is 0 Å². The Morgan fingerprint density at radius 3 is 2.54 bits per heavy atom. The van der Waals surface area contributed by atoms with Crippen molar-refractivity contribution < 1.29 is 14.3 Å². The Kier molecular flexibility index (Phi) is 6.93. The second kappa shape index (κ2) is 9.16. The predicted molar refractivity (Wildman–Crippen MR) is 93.9 cm³/mol. The Bertz CT molecular complexity index is 386. The second-order valence-corrected chi connectivity index (χ2v) is 7.87. The topological polar surface area (TPSA) is 50.8 Å². The molecule has 1 amide bonds. The Balaban J connectivity index is 1.48. The van der Waals surface area contributed by atoms with Crippen molar-refractivity contribution in [3.05, 3.63) is 0 Å². The lowest BCUT2D eigenvalue weighted by Crippen LogP contribution is -2.52. The van der Waals surface area contributed by atoms with Crippen molar-refractivity contribution in [3.63, 3.8) is 0 Å². The van der Waals surface area contributed by atoms with E-state index in [0.29, 0.717) is 12.0 Å². The minimum Gasteiger partial charge on any atom is -0.381 e. The summed E-state index contributed by atoms with van der Waals surface area (Å²) >= 11 is 0. The van der Waals surface area contributed by atoms with Crippen molar-refractivity contribution in [1.82, 2.24) is 10.2 Å². The Morgan fingerprint density at radius 1 is 1.12 bits per heavy atom. The molecule has 0 unspecified atom stereocenters. The third-order valence-corrected chi connectivity index (χ3v) is 6.12. The minimum atomic E-state index is 0.137. The molecule has 3 rings (SSSR count). The summed E-state index contributed by atoms with van der Waals surface area (Å²) in [5.74, 6) is 1.68. The molecule has 2 aliphatic heterocycles. The van der Waals surface area contributed by atoms with E-state index in [1.54, 1.807) is 0 Å². The van der Waals surface area contributed by atoms with Crippen LogP contribution in [0, 0.1) is 17.8 Å². The molecular formula is C19H34N2O3. The highest BCUT2D eigenvalue weighted by molar-refractivity contribution is 5.78. The molecule has 3 aliphatic rings. The second-order valence-electron chi connectivity index (χ2n) is 7.87. The highest BCUT2D eigenvalue weighted by Crippen LogP contribution is 2.30. The van der Waals surface area contributed by atoms with Crippen LogP contribution in [0.15, 0.2) is 0 Å². The van der Waals surface area contributed by atoms with Gasteiger partial charge in [-0.2, -0.15) is 0 Å². The summed E-state index contributed by atoms with van der Waals surface area (Å²) in [6.45, 7) is 8.07. The van der Waals surface area contributed by atoms with E-state index in [0.717, 1.165) is 64.8 Å². The number of amides is 1. The number of ether oxygens (including phenoxy) is 2. The van der Waals surface area contributed by atoms with Gasteiger partial charge in [0.2, 0.25) is 5.91 Å². The highest BCUT2D eigenvalue weighted by Gasteiger charge is 2.32. The van der Waals surface area contributed by atoms with Gasteiger partial charge >= 0.3 is 0 Å². The van der Waals surface area contributed by atoms with E-state index >= 15 is 0 Å². The Labute approximate surface area is 146 Å². The van der Waals surface area contributed by atoms with Crippen molar-refractivity contribution in [2.75, 3.05) is 46.1 Å². The molecule has 138 valence electrons. The molecule has 0 bridgehead atoms. The molecule has 2 saturated heterocycles. The van der Waals surface area contributed by atoms with Crippen LogP contribution in [0.5, 0.6) is 0 Å². The highest BCUT2D eigenvalue weighted by atomic mass is 16.5. The fourth-order valence-corrected chi connectivity index (χ4v) is 4.59. The van der Waals surface area contributed by atoms with Crippen LogP contribution in [-0.2, 0) is 14.3 Å². The molecule has 0 spiro atoms. The van der Waals surface area contributed by atoms with Gasteiger partial charge in [0, 0.05) is 44.1 Å². The van der Waals surface area contributed by atoms with E-state index in [9.17, 15) is 4.79 Å². The van der Waals surface area contributed by atoms with Gasteiger partial charge in [-0.25, -0.2) is 0 Å². The van der Waals surface area contributed by atoms with Crippen LogP contribution < -0.4 is 5.32 Å². The van der Waals surface area contributed by atoms with Crippen LogP contribution in [0.4, 0.5) is 0 Å². The van der Waals surface area contributed by atoms with E-state index < -0.39 is 0 Å². The zero-order chi connectivity index (χ0) is 16.8. The first kappa shape index (κ1) is 18.2. The fraction of sp³-hybridized carbons (Fsp3) is 0.947. The van der Waals surface area contributed by atoms with Gasteiger partial charge in [0.15, 0.2) is 0 Å². The molecule has 0 aromatic rings. The van der Waals surface area contributed by atoms with Crippen molar-refractivity contribution in [2.45, 2.75) is 51.5 Å². The van der Waals surface area contributed by atoms with Gasteiger partial charge in [-0.1, -0.05) is 32.6 Å². The van der Waals surface area contributed by atoms with Crippen LogP contribution in [-0.4, -0.2) is 62.9 Å². The number of nitrogens with one attached hydrogen (secondary N) is 1. The molecule has 5 nitrogen and oxygen atoms in total. The lowest BCUT2D eigenvalue weighted by Gasteiger charge is -2.37. The standard InChI is InChI=1S/C19H34N2O3/c1-15(12-16-4-2-3-5-16)19(22)20-13-18(17-6-9-24-14-17)21-7-10-23-11-8-21/h15-18H,2-14H2,1H3,(H,20,22)/t15-,17-,18-/m1/s1. The molecule has 1 saturated carbocycles. The van der Waals surface area contributed by atoms with E-state index in [1.807, 2.05) is 0 Å². The zero-order valence-corrected chi connectivity index (χ0v) is 15.2. The SMILES string of the molecule is C[C@H](CC1CCCC1)C(=O)NC[C@H]([C@@H]1CCOC1)N1CCOCC1. The molecule has 1 aliphatic carbocycles. The van der Waals surface area contributed by atoms with E-state index in [1.165, 1.54) is 25.7 Å². The van der Waals surface area contributed by atoms with Crippen LogP contribution in [0.3, 0.4) is 0 Å². The maximum atomic E-state index is 12.5. The lowest BCUT2D eigenvalue weighted by atomic mass is 9.93. The van der Waals surface area contributed by atoms with Crippen LogP contribution in [0.2, 0.25) is 0 Å². The first-order valence-corrected chi connectivity index (χ1v) is 9.91. The first-order valence-electron chi connectivity index (χ1n) is 9.91. The van der Waals surface area contributed by atoms with Crippen molar-refractivity contribution in [3.8, 4) is 0 Å². The first-order chi connectivity index (χ1) is 11.7. The molecular weight excluding hydrogens is 304 g/mol. The van der Waals surface area contributed by atoms with Crippen molar-refractivity contribution in [2.24, 2.45) is 17.8 Å². The number of carbonyl (C=O) groups is 1. The average molecular weight is 338 g/mol. The molecule has 24 heavy (non-hydrogen) atoms. The molecule has 2 heterocycles. The monoisotopic (exact) mass is 338 g/mol. The third kappa shape index (κ3) is 4.93. The number of nitrogens with zero attached hydrogens (tertiary/aromatic N) is 1. The quantitative estimate of drug-likeness (QED) is 0.772. The summed E-state index contributed by atoms with van der Waals surface area (Å²) in [6.07, 6.45) is 7.48. The van der Waals surface area contributed by atoms with Gasteiger partial charge < -0.3 is 14.8 Å². The van der Waals surface area contributed by atoms with E-state index in [4.69, 9.17) is 9.47 Å². The number of hydrogen-bond acceptors (Lipinski definition) is 4. The lowest BCUT2D eigenvalue weighted by molar-refractivity contribution is -0.125. The maximum Gasteiger partial charge on any atom is 0.222 e. The summed E-state index contributed by atoms with van der Waals surface area (Å²) in [5.41, 5.74) is 0. The predicted octanol–water partition coefficient (Wildman–Crippen LogP) is 2.06. The van der Waals surface area contributed by atoms with Gasteiger partial charge in [-0.3, -0.25) is 9.69 Å². The Hall–Kier alpha value is -0.650. The molecule has 3 atom stereocenters. The number of morpholine rings is 1. The molecule has 5 heteroatoms. The minimum absolute atomic E-state index is 0.137. The third-order valence-electron chi connectivity index (χ3n) is 6.12. The van der Waals surface area contributed by atoms with Crippen LogP contribution >= 0.6 is 0 Å². The molecule has 3 fully saturated rings. The maximum absolute atomic E-state index is 12.5. The molecule has 0 aromatic heterocycles. The molecule has 0 radical (unpaired) electrons.